The third-order valence-electron chi connectivity index (χ3n) is 8.59. The molecule has 188 valence electrons. The number of carbonyl (C=O) groups is 1. The van der Waals surface area contributed by atoms with E-state index in [1.54, 1.807) is 7.11 Å². The van der Waals surface area contributed by atoms with Crippen molar-refractivity contribution in [3.63, 3.8) is 0 Å². The number of carbonyl (C=O) groups excluding carboxylic acids is 1. The molecular weight excluding hydrogens is 448 g/mol. The highest BCUT2D eigenvalue weighted by atomic mass is 16.5. The summed E-state index contributed by atoms with van der Waals surface area (Å²) >= 11 is 0. The number of aromatic nitrogens is 1. The first kappa shape index (κ1) is 23.2. The lowest BCUT2D eigenvalue weighted by Gasteiger charge is -2.56. The molecule has 36 heavy (non-hydrogen) atoms. The second-order valence-corrected chi connectivity index (χ2v) is 11.3. The first-order chi connectivity index (χ1) is 17.5. The van der Waals surface area contributed by atoms with Crippen molar-refractivity contribution in [2.24, 2.45) is 17.8 Å². The topological polar surface area (TPSA) is 52.5 Å². The van der Waals surface area contributed by atoms with Crippen molar-refractivity contribution in [3.05, 3.63) is 72.4 Å². The number of methoxy groups -OCH3 is 1. The fourth-order valence-corrected chi connectivity index (χ4v) is 7.58. The van der Waals surface area contributed by atoms with E-state index in [0.29, 0.717) is 19.6 Å². The van der Waals surface area contributed by atoms with Gasteiger partial charge >= 0.3 is 0 Å². The molecular formula is C31H36N2O3. The van der Waals surface area contributed by atoms with Crippen LogP contribution in [0.2, 0.25) is 0 Å². The molecule has 1 heterocycles. The minimum absolute atomic E-state index is 0.0380. The van der Waals surface area contributed by atoms with Crippen molar-refractivity contribution < 1.29 is 14.3 Å². The molecule has 0 unspecified atom stereocenters. The van der Waals surface area contributed by atoms with E-state index < -0.39 is 0 Å². The lowest BCUT2D eigenvalue weighted by Crippen LogP contribution is -2.60. The molecule has 0 aliphatic heterocycles. The van der Waals surface area contributed by atoms with Crippen LogP contribution in [-0.4, -0.2) is 23.1 Å². The van der Waals surface area contributed by atoms with Gasteiger partial charge in [0, 0.05) is 29.2 Å². The highest BCUT2D eigenvalue weighted by molar-refractivity contribution is 5.90. The molecule has 4 fully saturated rings. The summed E-state index contributed by atoms with van der Waals surface area (Å²) in [4.78, 5) is 13.4. The lowest BCUT2D eigenvalue weighted by atomic mass is 9.53. The number of benzene rings is 2. The molecule has 2 aromatic carbocycles. The van der Waals surface area contributed by atoms with E-state index in [-0.39, 0.29) is 11.4 Å². The number of hydrogen-bond donors (Lipinski definition) is 1. The van der Waals surface area contributed by atoms with Crippen molar-refractivity contribution in [2.75, 3.05) is 7.11 Å². The zero-order chi connectivity index (χ0) is 24.7. The predicted molar refractivity (Wildman–Crippen MR) is 142 cm³/mol. The molecule has 1 aromatic heterocycles. The third kappa shape index (κ3) is 4.52. The number of nitrogens with one attached hydrogen (secondary N) is 1. The third-order valence-corrected chi connectivity index (χ3v) is 8.59. The Labute approximate surface area is 213 Å². The maximum absolute atomic E-state index is 13.4. The predicted octanol–water partition coefficient (Wildman–Crippen LogP) is 6.04. The number of ether oxygens (including phenoxy) is 2. The Morgan fingerprint density at radius 3 is 2.53 bits per heavy atom. The Morgan fingerprint density at radius 1 is 1.08 bits per heavy atom. The number of hydrogen-bond acceptors (Lipinski definition) is 3. The molecule has 0 saturated heterocycles. The van der Waals surface area contributed by atoms with E-state index in [2.05, 4.69) is 34.8 Å². The van der Waals surface area contributed by atoms with Crippen LogP contribution < -0.4 is 14.8 Å². The van der Waals surface area contributed by atoms with Crippen molar-refractivity contribution >= 4 is 16.8 Å². The standard InChI is InChI=1S/C31H36N2O3/c1-3-9-33-19-25(14-30(34)32-31-16-22-10-23(17-31)12-24(11-22)18-31)28-15-27(7-8-29(28)33)36-20-21-5-4-6-26(13-21)35-2/h3-8,13,15,19,22-24H,1,9-12,14,16-18,20H2,2H3,(H,32,34). The highest BCUT2D eigenvalue weighted by Gasteiger charge is 2.51. The Hall–Kier alpha value is -3.21. The van der Waals surface area contributed by atoms with E-state index in [1.165, 1.54) is 38.5 Å². The number of nitrogens with zero attached hydrogens (tertiary/aromatic N) is 1. The quantitative estimate of drug-likeness (QED) is 0.377. The van der Waals surface area contributed by atoms with Gasteiger partial charge in [0.2, 0.25) is 5.91 Å². The summed E-state index contributed by atoms with van der Waals surface area (Å²) < 4.78 is 13.6. The number of rotatable bonds is 9. The first-order valence-corrected chi connectivity index (χ1v) is 13.3. The van der Waals surface area contributed by atoms with Gasteiger partial charge in [-0.2, -0.15) is 0 Å². The van der Waals surface area contributed by atoms with Gasteiger partial charge in [-0.05, 0) is 97.7 Å². The molecule has 4 saturated carbocycles. The van der Waals surface area contributed by atoms with Crippen molar-refractivity contribution in [2.45, 2.75) is 63.6 Å². The number of amides is 1. The fourth-order valence-electron chi connectivity index (χ4n) is 7.58. The number of allylic oxidation sites excluding steroid dienone is 1. The van der Waals surface area contributed by atoms with Crippen molar-refractivity contribution in [3.8, 4) is 11.5 Å². The Morgan fingerprint density at radius 2 is 1.83 bits per heavy atom. The van der Waals surface area contributed by atoms with Gasteiger partial charge in [-0.1, -0.05) is 18.2 Å². The van der Waals surface area contributed by atoms with Gasteiger partial charge in [-0.3, -0.25) is 4.79 Å². The van der Waals surface area contributed by atoms with Gasteiger partial charge in [-0.25, -0.2) is 0 Å². The fraction of sp³-hybridized carbons (Fsp3) is 0.452. The summed E-state index contributed by atoms with van der Waals surface area (Å²) in [5.41, 5.74) is 3.23. The summed E-state index contributed by atoms with van der Waals surface area (Å²) in [6, 6.07) is 14.1. The molecule has 1 amide bonds. The zero-order valence-electron chi connectivity index (χ0n) is 21.2. The molecule has 7 rings (SSSR count). The molecule has 4 bridgehead atoms. The molecule has 0 radical (unpaired) electrons. The van der Waals surface area contributed by atoms with Gasteiger partial charge in [0.25, 0.3) is 0 Å². The monoisotopic (exact) mass is 484 g/mol. The Bertz CT molecular complexity index is 1250. The molecule has 3 aromatic rings. The largest absolute Gasteiger partial charge is 0.497 e. The maximum atomic E-state index is 13.4. The summed E-state index contributed by atoms with van der Waals surface area (Å²) in [7, 11) is 1.67. The Kier molecular flexibility index (Phi) is 6.02. The van der Waals surface area contributed by atoms with Crippen LogP contribution in [0.25, 0.3) is 10.9 Å². The van der Waals surface area contributed by atoms with E-state index in [1.807, 2.05) is 36.4 Å². The van der Waals surface area contributed by atoms with Crippen molar-refractivity contribution in [1.82, 2.24) is 9.88 Å². The summed E-state index contributed by atoms with van der Waals surface area (Å²) in [5, 5.41) is 4.61. The van der Waals surface area contributed by atoms with Crippen molar-refractivity contribution in [1.29, 1.82) is 0 Å². The van der Waals surface area contributed by atoms with Crippen LogP contribution in [0.5, 0.6) is 11.5 Å². The molecule has 1 N–H and O–H groups in total. The van der Waals surface area contributed by atoms with Gasteiger partial charge in [0.1, 0.15) is 18.1 Å². The number of fused-ring (bicyclic) bond motifs is 1. The first-order valence-electron chi connectivity index (χ1n) is 13.3. The smallest absolute Gasteiger partial charge is 0.224 e. The highest BCUT2D eigenvalue weighted by Crippen LogP contribution is 2.55. The van der Waals surface area contributed by atoms with E-state index in [4.69, 9.17) is 9.47 Å². The van der Waals surface area contributed by atoms with Crippen LogP contribution in [0.3, 0.4) is 0 Å². The lowest BCUT2D eigenvalue weighted by molar-refractivity contribution is -0.126. The van der Waals surface area contributed by atoms with E-state index in [0.717, 1.165) is 51.3 Å². The average Bonchev–Trinajstić information content (AvgIpc) is 3.18. The van der Waals surface area contributed by atoms with E-state index >= 15 is 0 Å². The molecule has 5 heteroatoms. The van der Waals surface area contributed by atoms with Gasteiger partial charge in [0.15, 0.2) is 0 Å². The zero-order valence-corrected chi connectivity index (χ0v) is 21.2. The van der Waals surface area contributed by atoms with Crippen LogP contribution in [0.4, 0.5) is 0 Å². The van der Waals surface area contributed by atoms with Crippen LogP contribution >= 0.6 is 0 Å². The molecule has 4 aliphatic carbocycles. The second kappa shape index (κ2) is 9.34. The maximum Gasteiger partial charge on any atom is 0.224 e. The molecule has 0 atom stereocenters. The molecule has 0 spiro atoms. The Balaban J connectivity index is 1.21. The second-order valence-electron chi connectivity index (χ2n) is 11.3. The summed E-state index contributed by atoms with van der Waals surface area (Å²) in [6.07, 6.45) is 12.0. The normalized spacial score (nSPS) is 26.2. The average molecular weight is 485 g/mol. The van der Waals surface area contributed by atoms with Crippen LogP contribution in [0.15, 0.2) is 61.3 Å². The molecule has 5 nitrogen and oxygen atoms in total. The van der Waals surface area contributed by atoms with E-state index in [9.17, 15) is 4.79 Å². The minimum Gasteiger partial charge on any atom is -0.497 e. The minimum atomic E-state index is 0.0380. The van der Waals surface area contributed by atoms with Crippen LogP contribution in [-0.2, 0) is 24.4 Å². The van der Waals surface area contributed by atoms with Gasteiger partial charge in [0.05, 0.1) is 13.5 Å². The van der Waals surface area contributed by atoms with Crippen LogP contribution in [0.1, 0.15) is 49.7 Å². The molecule has 4 aliphatic rings. The van der Waals surface area contributed by atoms with Gasteiger partial charge in [-0.15, -0.1) is 6.58 Å². The SMILES string of the molecule is C=CCn1cc(CC(=O)NC23CC4CC(CC(C4)C2)C3)c2cc(OCc3cccc(OC)c3)ccc21. The van der Waals surface area contributed by atoms with Crippen LogP contribution in [0, 0.1) is 17.8 Å². The summed E-state index contributed by atoms with van der Waals surface area (Å²) in [6.45, 7) is 5.08. The summed E-state index contributed by atoms with van der Waals surface area (Å²) in [5.74, 6) is 4.21. The van der Waals surface area contributed by atoms with Gasteiger partial charge < -0.3 is 19.4 Å².